The van der Waals surface area contributed by atoms with Crippen molar-refractivity contribution >= 4 is 11.8 Å². The maximum Gasteiger partial charge on any atom is 0.0622 e. The van der Waals surface area contributed by atoms with Gasteiger partial charge in [0.1, 0.15) is 0 Å². The van der Waals surface area contributed by atoms with Gasteiger partial charge < -0.3 is 0 Å². The number of thioether (sulfide) groups is 1. The van der Waals surface area contributed by atoms with Crippen molar-refractivity contribution < 1.29 is 0 Å². The summed E-state index contributed by atoms with van der Waals surface area (Å²) in [5.41, 5.74) is 0. The van der Waals surface area contributed by atoms with Crippen LogP contribution in [0.5, 0.6) is 0 Å². The molecule has 1 unspecified atom stereocenters. The summed E-state index contributed by atoms with van der Waals surface area (Å²) in [4.78, 5) is 2.49. The maximum atomic E-state index is 8.39. The Kier molecular flexibility index (Phi) is 4.49. The third-order valence-electron chi connectivity index (χ3n) is 2.24. The monoisotopic (exact) mass is 184 g/mol. The Hall–Kier alpha value is -0.200. The van der Waals surface area contributed by atoms with Crippen LogP contribution in [0.3, 0.4) is 0 Å². The van der Waals surface area contributed by atoms with E-state index in [0.717, 1.165) is 13.0 Å². The highest BCUT2D eigenvalue weighted by Crippen LogP contribution is 2.15. The number of nitriles is 1. The van der Waals surface area contributed by atoms with Crippen molar-refractivity contribution in [3.63, 3.8) is 0 Å². The smallest absolute Gasteiger partial charge is 0.0622 e. The summed E-state index contributed by atoms with van der Waals surface area (Å²) >= 11 is 2.04. The van der Waals surface area contributed by atoms with Crippen LogP contribution >= 0.6 is 11.8 Å². The zero-order chi connectivity index (χ0) is 8.81. The zero-order valence-electron chi connectivity index (χ0n) is 7.62. The van der Waals surface area contributed by atoms with Crippen LogP contribution < -0.4 is 0 Å². The van der Waals surface area contributed by atoms with E-state index in [4.69, 9.17) is 5.26 Å². The molecule has 1 atom stereocenters. The highest BCUT2D eigenvalue weighted by atomic mass is 32.2. The Bertz CT molecular complexity index is 164. The molecule has 1 fully saturated rings. The van der Waals surface area contributed by atoms with Crippen LogP contribution in [0.1, 0.15) is 19.8 Å². The lowest BCUT2D eigenvalue weighted by atomic mass is 10.2. The molecule has 12 heavy (non-hydrogen) atoms. The topological polar surface area (TPSA) is 27.0 Å². The van der Waals surface area contributed by atoms with Gasteiger partial charge >= 0.3 is 0 Å². The minimum Gasteiger partial charge on any atom is -0.299 e. The molecule has 68 valence electrons. The predicted molar refractivity (Wildman–Crippen MR) is 53.2 cm³/mol. The van der Waals surface area contributed by atoms with E-state index in [1.54, 1.807) is 0 Å². The standard InChI is InChI=1S/C9H16N2S/c1-9-8-12-7-6-11(9)5-3-2-4-10/h9H,2-3,5-8H2,1H3. The summed E-state index contributed by atoms with van der Waals surface area (Å²) in [6, 6.07) is 2.90. The van der Waals surface area contributed by atoms with E-state index < -0.39 is 0 Å². The number of rotatable bonds is 3. The molecule has 0 N–H and O–H groups in total. The van der Waals surface area contributed by atoms with Gasteiger partial charge in [-0.25, -0.2) is 0 Å². The fraction of sp³-hybridized carbons (Fsp3) is 0.889. The molecule has 0 bridgehead atoms. The minimum absolute atomic E-state index is 0.705. The summed E-state index contributed by atoms with van der Waals surface area (Å²) in [5.74, 6) is 2.52. The van der Waals surface area contributed by atoms with Crippen molar-refractivity contribution in [1.82, 2.24) is 4.90 Å². The van der Waals surface area contributed by atoms with Crippen LogP contribution in [-0.4, -0.2) is 35.5 Å². The van der Waals surface area contributed by atoms with E-state index in [1.165, 1.54) is 18.1 Å². The number of nitrogens with zero attached hydrogens (tertiary/aromatic N) is 2. The molecule has 0 aliphatic carbocycles. The van der Waals surface area contributed by atoms with E-state index in [1.807, 2.05) is 11.8 Å². The molecular formula is C9H16N2S. The van der Waals surface area contributed by atoms with Gasteiger partial charge in [0.2, 0.25) is 0 Å². The normalized spacial score (nSPS) is 25.2. The van der Waals surface area contributed by atoms with Crippen molar-refractivity contribution in [1.29, 1.82) is 5.26 Å². The molecule has 1 aliphatic rings. The molecule has 3 heteroatoms. The Balaban J connectivity index is 2.16. The quantitative estimate of drug-likeness (QED) is 0.625. The molecule has 1 saturated heterocycles. The highest BCUT2D eigenvalue weighted by Gasteiger charge is 2.17. The first-order valence-electron chi connectivity index (χ1n) is 4.53. The summed E-state index contributed by atoms with van der Waals surface area (Å²) < 4.78 is 0. The molecule has 0 spiro atoms. The maximum absolute atomic E-state index is 8.39. The van der Waals surface area contributed by atoms with Gasteiger partial charge in [0.25, 0.3) is 0 Å². The first kappa shape index (κ1) is 9.88. The molecule has 0 saturated carbocycles. The molecule has 1 heterocycles. The fourth-order valence-electron chi connectivity index (χ4n) is 1.45. The molecule has 1 rings (SSSR count). The second-order valence-electron chi connectivity index (χ2n) is 3.22. The summed E-state index contributed by atoms with van der Waals surface area (Å²) in [6.45, 7) is 4.59. The minimum atomic E-state index is 0.705. The molecule has 0 radical (unpaired) electrons. The van der Waals surface area contributed by atoms with Crippen molar-refractivity contribution in [2.75, 3.05) is 24.6 Å². The van der Waals surface area contributed by atoms with Gasteiger partial charge in [0, 0.05) is 30.5 Å². The summed E-state index contributed by atoms with van der Waals surface area (Å²) in [7, 11) is 0. The third-order valence-corrected chi connectivity index (χ3v) is 3.43. The fourth-order valence-corrected chi connectivity index (χ4v) is 2.54. The number of hydrogen-bond acceptors (Lipinski definition) is 3. The highest BCUT2D eigenvalue weighted by molar-refractivity contribution is 7.99. The average molecular weight is 184 g/mol. The lowest BCUT2D eigenvalue weighted by Gasteiger charge is -2.32. The van der Waals surface area contributed by atoms with Crippen LogP contribution in [0.25, 0.3) is 0 Å². The molecular weight excluding hydrogens is 168 g/mol. The van der Waals surface area contributed by atoms with E-state index in [0.29, 0.717) is 12.5 Å². The van der Waals surface area contributed by atoms with Crippen molar-refractivity contribution in [2.24, 2.45) is 0 Å². The SMILES string of the molecule is CC1CSCCN1CCCC#N. The van der Waals surface area contributed by atoms with Crippen molar-refractivity contribution in [3.05, 3.63) is 0 Å². The van der Waals surface area contributed by atoms with Gasteiger partial charge in [-0.3, -0.25) is 4.90 Å². The van der Waals surface area contributed by atoms with Crippen LogP contribution in [0, 0.1) is 11.3 Å². The van der Waals surface area contributed by atoms with Crippen LogP contribution in [0.15, 0.2) is 0 Å². The lowest BCUT2D eigenvalue weighted by molar-refractivity contribution is 0.231. The molecule has 2 nitrogen and oxygen atoms in total. The molecule has 0 aromatic rings. The second kappa shape index (κ2) is 5.45. The van der Waals surface area contributed by atoms with Gasteiger partial charge in [0.15, 0.2) is 0 Å². The third kappa shape index (κ3) is 3.04. The average Bonchev–Trinajstić information content (AvgIpc) is 2.09. The number of hydrogen-bond donors (Lipinski definition) is 0. The Morgan fingerprint density at radius 3 is 3.17 bits per heavy atom. The first-order valence-corrected chi connectivity index (χ1v) is 5.69. The van der Waals surface area contributed by atoms with Crippen LogP contribution in [0.4, 0.5) is 0 Å². The first-order chi connectivity index (χ1) is 5.84. The zero-order valence-corrected chi connectivity index (χ0v) is 8.44. The Morgan fingerprint density at radius 2 is 2.50 bits per heavy atom. The summed E-state index contributed by atoms with van der Waals surface area (Å²) in [5, 5.41) is 8.39. The van der Waals surface area contributed by atoms with Crippen LogP contribution in [0.2, 0.25) is 0 Å². The Labute approximate surface area is 78.9 Å². The number of unbranched alkanes of at least 4 members (excludes halogenated alkanes) is 1. The van der Waals surface area contributed by atoms with E-state index >= 15 is 0 Å². The molecule has 0 amide bonds. The predicted octanol–water partition coefficient (Wildman–Crippen LogP) is 1.73. The second-order valence-corrected chi connectivity index (χ2v) is 4.37. The van der Waals surface area contributed by atoms with Crippen molar-refractivity contribution in [3.8, 4) is 6.07 Å². The molecule has 1 aliphatic heterocycles. The van der Waals surface area contributed by atoms with E-state index in [2.05, 4.69) is 17.9 Å². The Morgan fingerprint density at radius 1 is 1.67 bits per heavy atom. The van der Waals surface area contributed by atoms with Crippen LogP contribution in [-0.2, 0) is 0 Å². The molecule has 0 aromatic heterocycles. The van der Waals surface area contributed by atoms with Gasteiger partial charge in [-0.15, -0.1) is 0 Å². The van der Waals surface area contributed by atoms with E-state index in [-0.39, 0.29) is 0 Å². The van der Waals surface area contributed by atoms with Gasteiger partial charge in [-0.05, 0) is 19.9 Å². The van der Waals surface area contributed by atoms with Gasteiger partial charge in [-0.2, -0.15) is 17.0 Å². The van der Waals surface area contributed by atoms with E-state index in [9.17, 15) is 0 Å². The molecule has 0 aromatic carbocycles. The van der Waals surface area contributed by atoms with Gasteiger partial charge in [-0.1, -0.05) is 0 Å². The van der Waals surface area contributed by atoms with Gasteiger partial charge in [0.05, 0.1) is 6.07 Å². The lowest BCUT2D eigenvalue weighted by Crippen LogP contribution is -2.40. The summed E-state index contributed by atoms with van der Waals surface area (Å²) in [6.07, 6.45) is 1.74. The largest absolute Gasteiger partial charge is 0.299 e. The van der Waals surface area contributed by atoms with Crippen molar-refractivity contribution in [2.45, 2.75) is 25.8 Å².